The molecule has 2 heteroatoms. The maximum atomic E-state index is 3.58. The zero-order valence-electron chi connectivity index (χ0n) is 9.51. The van der Waals surface area contributed by atoms with Crippen LogP contribution >= 0.6 is 0 Å². The van der Waals surface area contributed by atoms with E-state index in [1.165, 1.54) is 12.8 Å². The molecule has 1 fully saturated rings. The minimum absolute atomic E-state index is 0.668. The van der Waals surface area contributed by atoms with Crippen molar-refractivity contribution in [2.24, 2.45) is 0 Å². The number of hydrogen-bond acceptors (Lipinski definition) is 2. The molecule has 13 heavy (non-hydrogen) atoms. The van der Waals surface area contributed by atoms with Crippen LogP contribution < -0.4 is 5.32 Å². The van der Waals surface area contributed by atoms with Gasteiger partial charge in [-0.05, 0) is 40.2 Å². The van der Waals surface area contributed by atoms with E-state index >= 15 is 0 Å². The first-order valence-electron chi connectivity index (χ1n) is 5.64. The summed E-state index contributed by atoms with van der Waals surface area (Å²) in [5.74, 6) is 0. The Kier molecular flexibility index (Phi) is 4.20. The lowest BCUT2D eigenvalue weighted by atomic mass is 10.2. The van der Waals surface area contributed by atoms with Gasteiger partial charge >= 0.3 is 0 Å². The molecule has 0 aliphatic heterocycles. The van der Waals surface area contributed by atoms with E-state index in [1.807, 2.05) is 0 Å². The molecule has 0 aromatic rings. The molecule has 2 nitrogen and oxygen atoms in total. The van der Waals surface area contributed by atoms with Crippen LogP contribution in [-0.2, 0) is 0 Å². The summed E-state index contributed by atoms with van der Waals surface area (Å²) < 4.78 is 0. The van der Waals surface area contributed by atoms with Gasteiger partial charge in [0.05, 0.1) is 0 Å². The molecule has 1 aliphatic carbocycles. The zero-order chi connectivity index (χ0) is 9.84. The van der Waals surface area contributed by atoms with E-state index in [0.29, 0.717) is 12.1 Å². The molecule has 0 radical (unpaired) electrons. The van der Waals surface area contributed by atoms with E-state index in [1.54, 1.807) is 0 Å². The minimum Gasteiger partial charge on any atom is -0.312 e. The van der Waals surface area contributed by atoms with Crippen molar-refractivity contribution in [3.8, 4) is 0 Å². The van der Waals surface area contributed by atoms with Crippen LogP contribution in [-0.4, -0.2) is 36.1 Å². The van der Waals surface area contributed by atoms with Gasteiger partial charge in [0.2, 0.25) is 0 Å². The molecule has 1 saturated carbocycles. The van der Waals surface area contributed by atoms with Crippen molar-refractivity contribution in [1.29, 1.82) is 0 Å². The van der Waals surface area contributed by atoms with Gasteiger partial charge in [-0.15, -0.1) is 0 Å². The summed E-state index contributed by atoms with van der Waals surface area (Å²) in [7, 11) is 0. The Bertz CT molecular complexity index is 141. The molecule has 1 rings (SSSR count). The van der Waals surface area contributed by atoms with E-state index < -0.39 is 0 Å². The number of rotatable bonds is 6. The number of nitrogens with zero attached hydrogens (tertiary/aromatic N) is 1. The van der Waals surface area contributed by atoms with Crippen molar-refractivity contribution in [1.82, 2.24) is 10.2 Å². The van der Waals surface area contributed by atoms with Gasteiger partial charge in [-0.3, -0.25) is 4.90 Å². The Morgan fingerprint density at radius 3 is 2.31 bits per heavy atom. The highest BCUT2D eigenvalue weighted by Gasteiger charge is 2.22. The minimum atomic E-state index is 0.668. The lowest BCUT2D eigenvalue weighted by Gasteiger charge is -2.31. The summed E-state index contributed by atoms with van der Waals surface area (Å²) in [5.41, 5.74) is 0. The number of likely N-dealkylation sites (N-methyl/N-ethyl adjacent to an activating group) is 1. The lowest BCUT2D eigenvalue weighted by Crippen LogP contribution is -2.44. The maximum absolute atomic E-state index is 3.58. The van der Waals surface area contributed by atoms with E-state index in [9.17, 15) is 0 Å². The van der Waals surface area contributed by atoms with Gasteiger partial charge in [0.15, 0.2) is 0 Å². The van der Waals surface area contributed by atoms with Crippen LogP contribution in [0.25, 0.3) is 0 Å². The van der Waals surface area contributed by atoms with Crippen LogP contribution in [0.4, 0.5) is 0 Å². The van der Waals surface area contributed by atoms with Crippen molar-refractivity contribution in [2.75, 3.05) is 13.1 Å². The Labute approximate surface area is 82.7 Å². The molecule has 0 aromatic carbocycles. The highest BCUT2D eigenvalue weighted by molar-refractivity contribution is 4.83. The molecule has 1 N–H and O–H groups in total. The molecule has 0 saturated heterocycles. The second-order valence-corrected chi connectivity index (χ2v) is 4.46. The van der Waals surface area contributed by atoms with E-state index in [-0.39, 0.29) is 0 Å². The van der Waals surface area contributed by atoms with Crippen LogP contribution in [0.3, 0.4) is 0 Å². The fourth-order valence-electron chi connectivity index (χ4n) is 1.93. The second kappa shape index (κ2) is 4.97. The Hall–Kier alpha value is -0.0800. The molecule has 1 aliphatic rings. The quantitative estimate of drug-likeness (QED) is 0.678. The average Bonchev–Trinajstić information content (AvgIpc) is 2.84. The molecule has 0 aromatic heterocycles. The van der Waals surface area contributed by atoms with Gasteiger partial charge < -0.3 is 5.32 Å². The Morgan fingerprint density at radius 1 is 1.31 bits per heavy atom. The smallest absolute Gasteiger partial charge is 0.0195 e. The normalized spacial score (nSPS) is 19.8. The predicted octanol–water partition coefficient (Wildman–Crippen LogP) is 1.86. The first kappa shape index (κ1) is 11.0. The van der Waals surface area contributed by atoms with Gasteiger partial charge in [-0.2, -0.15) is 0 Å². The number of nitrogens with one attached hydrogen (secondary N) is 1. The monoisotopic (exact) mass is 184 g/mol. The Balaban J connectivity index is 2.20. The topological polar surface area (TPSA) is 15.3 Å². The lowest BCUT2D eigenvalue weighted by molar-refractivity contribution is 0.170. The first-order chi connectivity index (χ1) is 6.15. The molecule has 0 heterocycles. The van der Waals surface area contributed by atoms with Gasteiger partial charge in [-0.1, -0.05) is 6.92 Å². The van der Waals surface area contributed by atoms with Crippen LogP contribution in [0.5, 0.6) is 0 Å². The predicted molar refractivity (Wildman–Crippen MR) is 58.0 cm³/mol. The average molecular weight is 184 g/mol. The van der Waals surface area contributed by atoms with E-state index in [0.717, 1.165) is 19.1 Å². The number of hydrogen-bond donors (Lipinski definition) is 1. The summed E-state index contributed by atoms with van der Waals surface area (Å²) in [5, 5.41) is 3.58. The Morgan fingerprint density at radius 2 is 1.92 bits per heavy atom. The summed E-state index contributed by atoms with van der Waals surface area (Å²) in [6.07, 6.45) is 2.78. The summed E-state index contributed by atoms with van der Waals surface area (Å²) in [6.45, 7) is 11.4. The van der Waals surface area contributed by atoms with Crippen molar-refractivity contribution < 1.29 is 0 Å². The van der Waals surface area contributed by atoms with Gasteiger partial charge in [0.25, 0.3) is 0 Å². The molecular formula is C11H24N2. The van der Waals surface area contributed by atoms with Crippen LogP contribution in [0.15, 0.2) is 0 Å². The highest BCUT2D eigenvalue weighted by atomic mass is 15.2. The SMILES string of the molecule is CCN(C(C)C)C(C)CNC1CC1. The maximum Gasteiger partial charge on any atom is 0.0195 e. The van der Waals surface area contributed by atoms with Crippen LogP contribution in [0.1, 0.15) is 40.5 Å². The molecule has 78 valence electrons. The summed E-state index contributed by atoms with van der Waals surface area (Å²) in [6, 6.07) is 2.18. The zero-order valence-corrected chi connectivity index (χ0v) is 9.51. The largest absolute Gasteiger partial charge is 0.312 e. The standard InChI is InChI=1S/C11H24N2/c1-5-13(9(2)3)10(4)8-12-11-6-7-11/h9-12H,5-8H2,1-4H3. The first-order valence-corrected chi connectivity index (χ1v) is 5.64. The summed E-state index contributed by atoms with van der Waals surface area (Å²) in [4.78, 5) is 2.54. The molecular weight excluding hydrogens is 160 g/mol. The van der Waals surface area contributed by atoms with Gasteiger partial charge in [0.1, 0.15) is 0 Å². The van der Waals surface area contributed by atoms with Gasteiger partial charge in [0, 0.05) is 24.7 Å². The van der Waals surface area contributed by atoms with E-state index in [2.05, 4.69) is 37.9 Å². The fourth-order valence-corrected chi connectivity index (χ4v) is 1.93. The van der Waals surface area contributed by atoms with Gasteiger partial charge in [-0.25, -0.2) is 0 Å². The molecule has 0 amide bonds. The highest BCUT2D eigenvalue weighted by Crippen LogP contribution is 2.18. The van der Waals surface area contributed by atoms with Crippen LogP contribution in [0, 0.1) is 0 Å². The third-order valence-corrected chi connectivity index (χ3v) is 2.87. The van der Waals surface area contributed by atoms with E-state index in [4.69, 9.17) is 0 Å². The van der Waals surface area contributed by atoms with Crippen molar-refractivity contribution in [3.05, 3.63) is 0 Å². The molecule has 1 unspecified atom stereocenters. The van der Waals surface area contributed by atoms with Crippen molar-refractivity contribution >= 4 is 0 Å². The van der Waals surface area contributed by atoms with Crippen molar-refractivity contribution in [2.45, 2.75) is 58.7 Å². The molecule has 0 bridgehead atoms. The fraction of sp³-hybridized carbons (Fsp3) is 1.00. The third kappa shape index (κ3) is 3.65. The molecule has 0 spiro atoms. The van der Waals surface area contributed by atoms with Crippen LogP contribution in [0.2, 0.25) is 0 Å². The third-order valence-electron chi connectivity index (χ3n) is 2.87. The van der Waals surface area contributed by atoms with Crippen molar-refractivity contribution in [3.63, 3.8) is 0 Å². The second-order valence-electron chi connectivity index (χ2n) is 4.46. The molecule has 1 atom stereocenters. The summed E-state index contributed by atoms with van der Waals surface area (Å²) >= 11 is 0.